The predicted molar refractivity (Wildman–Crippen MR) is 74.3 cm³/mol. The van der Waals surface area contributed by atoms with Crippen LogP contribution >= 0.6 is 34.8 Å². The van der Waals surface area contributed by atoms with Crippen molar-refractivity contribution in [2.75, 3.05) is 0 Å². The lowest BCUT2D eigenvalue weighted by Crippen LogP contribution is -2.05. The highest BCUT2D eigenvalue weighted by Gasteiger charge is 2.31. The van der Waals surface area contributed by atoms with Crippen molar-refractivity contribution in [1.82, 2.24) is 4.98 Å². The van der Waals surface area contributed by atoms with Crippen LogP contribution in [0.25, 0.3) is 11.3 Å². The van der Waals surface area contributed by atoms with Gasteiger partial charge in [-0.1, -0.05) is 29.3 Å². The van der Waals surface area contributed by atoms with Crippen LogP contribution in [0.5, 0.6) is 0 Å². The van der Waals surface area contributed by atoms with Crippen LogP contribution in [-0.2, 0) is 12.1 Å². The van der Waals surface area contributed by atoms with Gasteiger partial charge < -0.3 is 0 Å². The van der Waals surface area contributed by atoms with E-state index in [1.807, 2.05) is 0 Å². The summed E-state index contributed by atoms with van der Waals surface area (Å²) in [7, 11) is 0. The van der Waals surface area contributed by atoms with Gasteiger partial charge in [0.25, 0.3) is 0 Å². The van der Waals surface area contributed by atoms with Gasteiger partial charge >= 0.3 is 6.18 Å². The van der Waals surface area contributed by atoms with E-state index in [0.29, 0.717) is 16.1 Å². The molecule has 2 aromatic rings. The SMILES string of the molecule is FC(F)(F)c1cnc(-c2ccc(Cl)c(CCl)c2)c(Cl)c1. The van der Waals surface area contributed by atoms with Crippen LogP contribution in [-0.4, -0.2) is 4.98 Å². The van der Waals surface area contributed by atoms with Crippen LogP contribution in [0.1, 0.15) is 11.1 Å². The van der Waals surface area contributed by atoms with Gasteiger partial charge in [-0.25, -0.2) is 0 Å². The molecule has 0 atom stereocenters. The van der Waals surface area contributed by atoms with Crippen molar-refractivity contribution in [2.24, 2.45) is 0 Å². The second-order valence-corrected chi connectivity index (χ2v) is 5.07. The first-order valence-corrected chi connectivity index (χ1v) is 6.69. The molecule has 0 saturated heterocycles. The van der Waals surface area contributed by atoms with Crippen LogP contribution < -0.4 is 0 Å². The Morgan fingerprint density at radius 2 is 1.75 bits per heavy atom. The first kappa shape index (κ1) is 15.4. The highest BCUT2D eigenvalue weighted by molar-refractivity contribution is 6.33. The monoisotopic (exact) mass is 339 g/mol. The third-order valence-corrected chi connectivity index (χ3v) is 3.58. The van der Waals surface area contributed by atoms with Crippen molar-refractivity contribution >= 4 is 34.8 Å². The van der Waals surface area contributed by atoms with Crippen LogP contribution in [0.4, 0.5) is 13.2 Å². The molecule has 1 nitrogen and oxygen atoms in total. The molecular formula is C13H7Cl3F3N. The van der Waals surface area contributed by atoms with E-state index < -0.39 is 11.7 Å². The number of halogens is 6. The van der Waals surface area contributed by atoms with E-state index in [4.69, 9.17) is 34.8 Å². The van der Waals surface area contributed by atoms with Crippen molar-refractivity contribution in [1.29, 1.82) is 0 Å². The van der Waals surface area contributed by atoms with Crippen molar-refractivity contribution in [3.05, 3.63) is 51.6 Å². The summed E-state index contributed by atoms with van der Waals surface area (Å²) < 4.78 is 37.6. The van der Waals surface area contributed by atoms with Crippen molar-refractivity contribution in [3.8, 4) is 11.3 Å². The van der Waals surface area contributed by atoms with Crippen molar-refractivity contribution in [3.63, 3.8) is 0 Å². The fourth-order valence-corrected chi connectivity index (χ4v) is 2.38. The van der Waals surface area contributed by atoms with Crippen LogP contribution in [0, 0.1) is 0 Å². The Hall–Kier alpha value is -0.970. The molecule has 0 bridgehead atoms. The molecule has 7 heteroatoms. The molecule has 0 unspecified atom stereocenters. The standard InChI is InChI=1S/C13H7Cl3F3N/c14-5-8-3-7(1-2-10(8)15)12-11(16)4-9(6-20-12)13(17,18)19/h1-4,6H,5H2. The molecule has 1 aromatic heterocycles. The second-order valence-electron chi connectivity index (χ2n) is 3.99. The molecule has 2 rings (SSSR count). The molecule has 0 saturated carbocycles. The number of alkyl halides is 4. The zero-order valence-corrected chi connectivity index (χ0v) is 12.1. The molecule has 0 N–H and O–H groups in total. The number of nitrogens with zero attached hydrogens (tertiary/aromatic N) is 1. The Kier molecular flexibility index (Phi) is 4.47. The Labute approximate surface area is 128 Å². The predicted octanol–water partition coefficient (Wildman–Crippen LogP) is 5.81. The smallest absolute Gasteiger partial charge is 0.254 e. The minimum atomic E-state index is -4.48. The number of hydrogen-bond acceptors (Lipinski definition) is 1. The summed E-state index contributed by atoms with van der Waals surface area (Å²) in [6.45, 7) is 0. The summed E-state index contributed by atoms with van der Waals surface area (Å²) in [4.78, 5) is 3.78. The molecule has 0 spiro atoms. The van der Waals surface area contributed by atoms with E-state index in [0.717, 1.165) is 12.3 Å². The molecular weight excluding hydrogens is 334 g/mol. The van der Waals surface area contributed by atoms with E-state index in [1.165, 1.54) is 0 Å². The maximum Gasteiger partial charge on any atom is 0.417 e. The van der Waals surface area contributed by atoms with E-state index in [9.17, 15) is 13.2 Å². The van der Waals surface area contributed by atoms with Crippen LogP contribution in [0.2, 0.25) is 10.0 Å². The summed E-state index contributed by atoms with van der Waals surface area (Å²) in [6.07, 6.45) is -3.73. The van der Waals surface area contributed by atoms with Gasteiger partial charge in [-0.3, -0.25) is 4.98 Å². The lowest BCUT2D eigenvalue weighted by atomic mass is 10.1. The zero-order valence-electron chi connectivity index (χ0n) is 9.81. The Bertz CT molecular complexity index is 641. The highest BCUT2D eigenvalue weighted by atomic mass is 35.5. The maximum absolute atomic E-state index is 12.5. The van der Waals surface area contributed by atoms with E-state index in [2.05, 4.69) is 4.98 Å². The summed E-state index contributed by atoms with van der Waals surface area (Å²) >= 11 is 17.5. The molecule has 0 radical (unpaired) electrons. The third kappa shape index (κ3) is 3.19. The number of pyridine rings is 1. The topological polar surface area (TPSA) is 12.9 Å². The fourth-order valence-electron chi connectivity index (χ4n) is 1.63. The molecule has 106 valence electrons. The molecule has 1 heterocycles. The molecule has 0 aliphatic heterocycles. The zero-order chi connectivity index (χ0) is 14.9. The normalized spacial score (nSPS) is 11.7. The van der Waals surface area contributed by atoms with Gasteiger partial charge in [0, 0.05) is 22.7 Å². The number of hydrogen-bond donors (Lipinski definition) is 0. The molecule has 20 heavy (non-hydrogen) atoms. The van der Waals surface area contributed by atoms with E-state index in [1.54, 1.807) is 18.2 Å². The fraction of sp³-hybridized carbons (Fsp3) is 0.154. The number of aromatic nitrogens is 1. The average molecular weight is 341 g/mol. The summed E-state index contributed by atoms with van der Waals surface area (Å²) in [5, 5.41) is 0.398. The van der Waals surface area contributed by atoms with E-state index >= 15 is 0 Å². The quantitative estimate of drug-likeness (QED) is 0.628. The summed E-state index contributed by atoms with van der Waals surface area (Å²) in [5.74, 6) is 0.185. The Morgan fingerprint density at radius 3 is 2.30 bits per heavy atom. The molecule has 0 aliphatic rings. The van der Waals surface area contributed by atoms with E-state index in [-0.39, 0.29) is 16.6 Å². The minimum absolute atomic E-state index is 0.0809. The van der Waals surface area contributed by atoms with Gasteiger partial charge in [-0.2, -0.15) is 13.2 Å². The first-order chi connectivity index (χ1) is 9.32. The van der Waals surface area contributed by atoms with Gasteiger partial charge in [0.15, 0.2) is 0 Å². The number of benzene rings is 1. The van der Waals surface area contributed by atoms with Crippen LogP contribution in [0.15, 0.2) is 30.5 Å². The van der Waals surface area contributed by atoms with Crippen molar-refractivity contribution in [2.45, 2.75) is 12.1 Å². The van der Waals surface area contributed by atoms with Gasteiger partial charge in [-0.15, -0.1) is 11.6 Å². The maximum atomic E-state index is 12.5. The molecule has 0 amide bonds. The lowest BCUT2D eigenvalue weighted by molar-refractivity contribution is -0.137. The first-order valence-electron chi connectivity index (χ1n) is 5.40. The largest absolute Gasteiger partial charge is 0.417 e. The molecule has 1 aromatic carbocycles. The van der Waals surface area contributed by atoms with Gasteiger partial charge in [0.05, 0.1) is 16.3 Å². The Balaban J connectivity index is 2.49. The van der Waals surface area contributed by atoms with Gasteiger partial charge in [0.1, 0.15) is 0 Å². The van der Waals surface area contributed by atoms with Crippen molar-refractivity contribution < 1.29 is 13.2 Å². The average Bonchev–Trinajstić information content (AvgIpc) is 2.38. The molecule has 0 fully saturated rings. The number of rotatable bonds is 2. The molecule has 0 aliphatic carbocycles. The lowest BCUT2D eigenvalue weighted by Gasteiger charge is -2.10. The van der Waals surface area contributed by atoms with Crippen LogP contribution in [0.3, 0.4) is 0 Å². The highest BCUT2D eigenvalue weighted by Crippen LogP contribution is 2.35. The third-order valence-electron chi connectivity index (χ3n) is 2.63. The Morgan fingerprint density at radius 1 is 1.05 bits per heavy atom. The second kappa shape index (κ2) is 5.80. The van der Waals surface area contributed by atoms with Gasteiger partial charge in [0.2, 0.25) is 0 Å². The summed E-state index contributed by atoms with van der Waals surface area (Å²) in [5.41, 5.74) is 0.577. The van der Waals surface area contributed by atoms with Gasteiger partial charge in [-0.05, 0) is 23.8 Å². The summed E-state index contributed by atoms with van der Waals surface area (Å²) in [6, 6.07) is 5.72. The minimum Gasteiger partial charge on any atom is -0.254 e.